The summed E-state index contributed by atoms with van der Waals surface area (Å²) in [5.74, 6) is 0. The van der Waals surface area contributed by atoms with Crippen molar-refractivity contribution in [2.24, 2.45) is 0 Å². The zero-order valence-corrected chi connectivity index (χ0v) is 6.13. The van der Waals surface area contributed by atoms with E-state index in [9.17, 15) is 13.2 Å². The first-order valence-electron chi connectivity index (χ1n) is 3.14. The number of allylic oxidation sites excluding steroid dienone is 2. The monoisotopic (exact) mass is 152 g/mol. The first-order chi connectivity index (χ1) is 4.45. The van der Waals surface area contributed by atoms with Gasteiger partial charge in [-0.2, -0.15) is 13.2 Å². The fourth-order valence-electron chi connectivity index (χ4n) is 0.483. The number of hydrogen-bond donors (Lipinski definition) is 0. The lowest BCUT2D eigenvalue weighted by Crippen LogP contribution is -2.06. The molecule has 0 spiro atoms. The van der Waals surface area contributed by atoms with Crippen LogP contribution in [-0.2, 0) is 0 Å². The van der Waals surface area contributed by atoms with Crippen molar-refractivity contribution in [3.63, 3.8) is 0 Å². The summed E-state index contributed by atoms with van der Waals surface area (Å²) in [5, 5.41) is 0. The Hall–Kier alpha value is -0.470. The van der Waals surface area contributed by atoms with Gasteiger partial charge in [0.2, 0.25) is 0 Å². The molecular weight excluding hydrogens is 141 g/mol. The van der Waals surface area contributed by atoms with Crippen LogP contribution in [0.2, 0.25) is 0 Å². The van der Waals surface area contributed by atoms with Crippen LogP contribution < -0.4 is 0 Å². The summed E-state index contributed by atoms with van der Waals surface area (Å²) in [5.41, 5.74) is 0.789. The van der Waals surface area contributed by atoms with Crippen LogP contribution >= 0.6 is 0 Å². The molecular formula is C7H11F3. The molecule has 0 radical (unpaired) electrons. The van der Waals surface area contributed by atoms with Crippen molar-refractivity contribution < 1.29 is 13.2 Å². The molecule has 0 aromatic rings. The second-order valence-corrected chi connectivity index (χ2v) is 2.25. The standard InChI is InChI=1S/C7H11F3/c1-3-6(2)4-5-7(8,9)10/h3H,4-5H2,1-2H3/b6-3+. The number of halogens is 3. The summed E-state index contributed by atoms with van der Waals surface area (Å²) in [4.78, 5) is 0. The Morgan fingerprint density at radius 2 is 1.90 bits per heavy atom. The summed E-state index contributed by atoms with van der Waals surface area (Å²) in [6.07, 6.45) is -2.89. The Labute approximate surface area is 58.7 Å². The number of rotatable bonds is 2. The quantitative estimate of drug-likeness (QED) is 0.532. The van der Waals surface area contributed by atoms with Crippen LogP contribution in [0.3, 0.4) is 0 Å². The van der Waals surface area contributed by atoms with Gasteiger partial charge in [-0.1, -0.05) is 11.6 Å². The minimum absolute atomic E-state index is 0.125. The molecule has 0 aliphatic carbocycles. The Kier molecular flexibility index (Phi) is 3.47. The predicted molar refractivity (Wildman–Crippen MR) is 34.7 cm³/mol. The smallest absolute Gasteiger partial charge is 0.171 e. The van der Waals surface area contributed by atoms with Crippen molar-refractivity contribution in [2.75, 3.05) is 0 Å². The zero-order valence-electron chi connectivity index (χ0n) is 6.13. The van der Waals surface area contributed by atoms with Gasteiger partial charge in [0.05, 0.1) is 0 Å². The van der Waals surface area contributed by atoms with Crippen molar-refractivity contribution in [2.45, 2.75) is 32.9 Å². The molecule has 60 valence electrons. The van der Waals surface area contributed by atoms with Gasteiger partial charge in [0, 0.05) is 6.42 Å². The maximum Gasteiger partial charge on any atom is 0.389 e. The summed E-state index contributed by atoms with van der Waals surface area (Å²) in [6.45, 7) is 3.44. The Morgan fingerprint density at radius 3 is 2.20 bits per heavy atom. The van der Waals surface area contributed by atoms with E-state index in [0.717, 1.165) is 5.57 Å². The Balaban J connectivity index is 3.56. The zero-order chi connectivity index (χ0) is 8.20. The second-order valence-electron chi connectivity index (χ2n) is 2.25. The molecule has 0 fully saturated rings. The maximum absolute atomic E-state index is 11.5. The summed E-state index contributed by atoms with van der Waals surface area (Å²) in [7, 11) is 0. The van der Waals surface area contributed by atoms with Crippen LogP contribution in [0.5, 0.6) is 0 Å². The van der Waals surface area contributed by atoms with E-state index < -0.39 is 12.6 Å². The molecule has 0 atom stereocenters. The molecule has 0 aromatic carbocycles. The summed E-state index contributed by atoms with van der Waals surface area (Å²) >= 11 is 0. The van der Waals surface area contributed by atoms with Gasteiger partial charge >= 0.3 is 6.18 Å². The lowest BCUT2D eigenvalue weighted by atomic mass is 10.1. The molecule has 0 heterocycles. The lowest BCUT2D eigenvalue weighted by Gasteiger charge is -2.04. The van der Waals surface area contributed by atoms with E-state index in [1.807, 2.05) is 0 Å². The van der Waals surface area contributed by atoms with Gasteiger partial charge in [0.25, 0.3) is 0 Å². The molecule has 0 aromatic heterocycles. The molecule has 0 aliphatic rings. The largest absolute Gasteiger partial charge is 0.389 e. The van der Waals surface area contributed by atoms with Gasteiger partial charge < -0.3 is 0 Å². The van der Waals surface area contributed by atoms with Crippen molar-refractivity contribution in [1.29, 1.82) is 0 Å². The SMILES string of the molecule is C/C=C(\C)CCC(F)(F)F. The molecule has 0 nitrogen and oxygen atoms in total. The predicted octanol–water partition coefficient (Wildman–Crippen LogP) is 3.30. The molecule has 10 heavy (non-hydrogen) atoms. The van der Waals surface area contributed by atoms with Crippen LogP contribution in [0.15, 0.2) is 11.6 Å². The summed E-state index contributed by atoms with van der Waals surface area (Å²) in [6, 6.07) is 0. The lowest BCUT2D eigenvalue weighted by molar-refractivity contribution is -0.133. The van der Waals surface area contributed by atoms with Gasteiger partial charge in [-0.05, 0) is 20.3 Å². The first-order valence-corrected chi connectivity index (χ1v) is 3.14. The van der Waals surface area contributed by atoms with E-state index in [1.54, 1.807) is 19.9 Å². The van der Waals surface area contributed by atoms with Gasteiger partial charge in [-0.25, -0.2) is 0 Å². The van der Waals surface area contributed by atoms with Gasteiger partial charge in [-0.15, -0.1) is 0 Å². The normalized spacial score (nSPS) is 13.9. The molecule has 0 unspecified atom stereocenters. The van der Waals surface area contributed by atoms with Crippen LogP contribution in [0, 0.1) is 0 Å². The highest BCUT2D eigenvalue weighted by atomic mass is 19.4. The van der Waals surface area contributed by atoms with Crippen molar-refractivity contribution in [1.82, 2.24) is 0 Å². The van der Waals surface area contributed by atoms with Crippen LogP contribution in [-0.4, -0.2) is 6.18 Å². The average molecular weight is 152 g/mol. The van der Waals surface area contributed by atoms with E-state index in [2.05, 4.69) is 0 Å². The third-order valence-corrected chi connectivity index (χ3v) is 1.30. The third kappa shape index (κ3) is 5.66. The maximum atomic E-state index is 11.5. The summed E-state index contributed by atoms with van der Waals surface area (Å²) < 4.78 is 34.6. The second kappa shape index (κ2) is 3.64. The first kappa shape index (κ1) is 9.53. The average Bonchev–Trinajstić information content (AvgIpc) is 1.81. The van der Waals surface area contributed by atoms with Crippen LogP contribution in [0.25, 0.3) is 0 Å². The Bertz CT molecular complexity index is 121. The van der Waals surface area contributed by atoms with Gasteiger partial charge in [0.1, 0.15) is 0 Å². The molecule has 0 amide bonds. The van der Waals surface area contributed by atoms with E-state index in [-0.39, 0.29) is 6.42 Å². The van der Waals surface area contributed by atoms with Crippen molar-refractivity contribution in [3.05, 3.63) is 11.6 Å². The van der Waals surface area contributed by atoms with Gasteiger partial charge in [0.15, 0.2) is 0 Å². The molecule has 0 saturated carbocycles. The number of alkyl halides is 3. The third-order valence-electron chi connectivity index (χ3n) is 1.30. The highest BCUT2D eigenvalue weighted by Gasteiger charge is 2.25. The van der Waals surface area contributed by atoms with Gasteiger partial charge in [-0.3, -0.25) is 0 Å². The minimum Gasteiger partial charge on any atom is -0.171 e. The van der Waals surface area contributed by atoms with E-state index >= 15 is 0 Å². The molecule has 0 saturated heterocycles. The van der Waals surface area contributed by atoms with E-state index in [1.165, 1.54) is 0 Å². The Morgan fingerprint density at radius 1 is 1.40 bits per heavy atom. The molecule has 0 rings (SSSR count). The molecule has 0 aliphatic heterocycles. The molecule has 3 heteroatoms. The molecule has 0 N–H and O–H groups in total. The topological polar surface area (TPSA) is 0 Å². The highest BCUT2D eigenvalue weighted by Crippen LogP contribution is 2.23. The number of hydrogen-bond acceptors (Lipinski definition) is 0. The van der Waals surface area contributed by atoms with E-state index in [4.69, 9.17) is 0 Å². The van der Waals surface area contributed by atoms with Crippen molar-refractivity contribution in [3.8, 4) is 0 Å². The van der Waals surface area contributed by atoms with Crippen LogP contribution in [0.4, 0.5) is 13.2 Å². The minimum atomic E-state index is -4.01. The molecule has 0 bridgehead atoms. The fraction of sp³-hybridized carbons (Fsp3) is 0.714. The van der Waals surface area contributed by atoms with Crippen molar-refractivity contribution >= 4 is 0 Å². The highest BCUT2D eigenvalue weighted by molar-refractivity contribution is 4.95. The van der Waals surface area contributed by atoms with E-state index in [0.29, 0.717) is 0 Å². The van der Waals surface area contributed by atoms with Crippen LogP contribution in [0.1, 0.15) is 26.7 Å². The fourth-order valence-corrected chi connectivity index (χ4v) is 0.483.